The van der Waals surface area contributed by atoms with Crippen LogP contribution >= 0.6 is 0 Å². The molecular formula is C15H17N3O4. The second kappa shape index (κ2) is 6.30. The van der Waals surface area contributed by atoms with Crippen LogP contribution in [0.4, 0.5) is 0 Å². The standard InChI is InChI=1S/C15H17N3O4/c1-8-11-6-4-5-7-12(11)22-13(8)15(21)18-17-14(20)9(2)16-10(3)19/h4-7,9H,1-3H3,(H,16,19)(H,17,20)(H,18,21)/t9-/m0/s1. The third-order valence-corrected chi connectivity index (χ3v) is 3.16. The molecule has 22 heavy (non-hydrogen) atoms. The third-order valence-electron chi connectivity index (χ3n) is 3.16. The average Bonchev–Trinajstić information content (AvgIpc) is 2.81. The Hall–Kier alpha value is -2.83. The minimum absolute atomic E-state index is 0.133. The smallest absolute Gasteiger partial charge is 0.305 e. The van der Waals surface area contributed by atoms with Crippen molar-refractivity contribution in [2.75, 3.05) is 0 Å². The van der Waals surface area contributed by atoms with Crippen molar-refractivity contribution < 1.29 is 18.8 Å². The highest BCUT2D eigenvalue weighted by Gasteiger charge is 2.19. The SMILES string of the molecule is CC(=O)N[C@@H](C)C(=O)NNC(=O)c1oc2ccccc2c1C. The van der Waals surface area contributed by atoms with Crippen LogP contribution in [0.25, 0.3) is 11.0 Å². The van der Waals surface area contributed by atoms with E-state index in [1.54, 1.807) is 13.0 Å². The largest absolute Gasteiger partial charge is 0.451 e. The number of hydrogen-bond donors (Lipinski definition) is 3. The van der Waals surface area contributed by atoms with Gasteiger partial charge < -0.3 is 9.73 Å². The molecule has 0 fully saturated rings. The summed E-state index contributed by atoms with van der Waals surface area (Å²) in [6.45, 7) is 4.58. The Morgan fingerprint density at radius 3 is 2.45 bits per heavy atom. The molecule has 1 heterocycles. The highest BCUT2D eigenvalue weighted by Crippen LogP contribution is 2.24. The van der Waals surface area contributed by atoms with Crippen molar-refractivity contribution in [1.82, 2.24) is 16.2 Å². The van der Waals surface area contributed by atoms with Crippen molar-refractivity contribution in [1.29, 1.82) is 0 Å². The summed E-state index contributed by atoms with van der Waals surface area (Å²) in [7, 11) is 0. The van der Waals surface area contributed by atoms with Crippen molar-refractivity contribution in [3.8, 4) is 0 Å². The maximum atomic E-state index is 12.1. The number of furan rings is 1. The van der Waals surface area contributed by atoms with Gasteiger partial charge in [0.25, 0.3) is 5.91 Å². The lowest BCUT2D eigenvalue weighted by atomic mass is 10.1. The number of carbonyl (C=O) groups is 3. The lowest BCUT2D eigenvalue weighted by molar-refractivity contribution is -0.128. The van der Waals surface area contributed by atoms with E-state index in [-0.39, 0.29) is 11.7 Å². The zero-order valence-electron chi connectivity index (χ0n) is 12.5. The summed E-state index contributed by atoms with van der Waals surface area (Å²) < 4.78 is 5.48. The fourth-order valence-corrected chi connectivity index (χ4v) is 2.04. The fraction of sp³-hybridized carbons (Fsp3) is 0.267. The molecule has 0 saturated carbocycles. The number of fused-ring (bicyclic) bond motifs is 1. The Morgan fingerprint density at radius 2 is 1.82 bits per heavy atom. The Labute approximate surface area is 127 Å². The number of hydrogen-bond acceptors (Lipinski definition) is 4. The van der Waals surface area contributed by atoms with Gasteiger partial charge in [-0.25, -0.2) is 0 Å². The molecule has 0 aliphatic rings. The molecule has 1 aromatic heterocycles. The van der Waals surface area contributed by atoms with Crippen LogP contribution in [0.2, 0.25) is 0 Å². The molecule has 3 N–H and O–H groups in total. The molecule has 0 bridgehead atoms. The number of aryl methyl sites for hydroxylation is 1. The Morgan fingerprint density at radius 1 is 1.14 bits per heavy atom. The molecule has 1 aromatic carbocycles. The summed E-state index contributed by atoms with van der Waals surface area (Å²) in [5.74, 6) is -1.29. The molecule has 7 nitrogen and oxygen atoms in total. The first-order valence-corrected chi connectivity index (χ1v) is 6.75. The van der Waals surface area contributed by atoms with Gasteiger partial charge in [-0.05, 0) is 19.9 Å². The Balaban J connectivity index is 2.04. The van der Waals surface area contributed by atoms with E-state index in [1.165, 1.54) is 13.8 Å². The van der Waals surface area contributed by atoms with E-state index in [0.717, 1.165) is 5.39 Å². The molecule has 1 atom stereocenters. The summed E-state index contributed by atoms with van der Waals surface area (Å²) in [6, 6.07) is 6.52. The minimum Gasteiger partial charge on any atom is -0.451 e. The van der Waals surface area contributed by atoms with Gasteiger partial charge in [-0.1, -0.05) is 18.2 Å². The fourth-order valence-electron chi connectivity index (χ4n) is 2.04. The van der Waals surface area contributed by atoms with Crippen LogP contribution in [0.1, 0.15) is 30.0 Å². The van der Waals surface area contributed by atoms with Gasteiger partial charge in [0.15, 0.2) is 5.76 Å². The quantitative estimate of drug-likeness (QED) is 0.737. The summed E-state index contributed by atoms with van der Waals surface area (Å²) in [5, 5.41) is 3.25. The van der Waals surface area contributed by atoms with Crippen molar-refractivity contribution in [2.45, 2.75) is 26.8 Å². The molecular weight excluding hydrogens is 286 g/mol. The second-order valence-electron chi connectivity index (χ2n) is 4.92. The molecule has 2 rings (SSSR count). The first kappa shape index (κ1) is 15.6. The lowest BCUT2D eigenvalue weighted by Crippen LogP contribution is -2.50. The minimum atomic E-state index is -0.755. The maximum Gasteiger partial charge on any atom is 0.305 e. The van der Waals surface area contributed by atoms with E-state index in [9.17, 15) is 14.4 Å². The van der Waals surface area contributed by atoms with Crippen molar-refractivity contribution in [2.24, 2.45) is 0 Å². The monoisotopic (exact) mass is 303 g/mol. The number of benzene rings is 1. The number of rotatable bonds is 3. The van der Waals surface area contributed by atoms with Gasteiger partial charge in [0.2, 0.25) is 5.91 Å². The Kier molecular flexibility index (Phi) is 4.45. The highest BCUT2D eigenvalue weighted by atomic mass is 16.3. The van der Waals surface area contributed by atoms with Crippen LogP contribution in [-0.4, -0.2) is 23.8 Å². The zero-order valence-corrected chi connectivity index (χ0v) is 12.5. The van der Waals surface area contributed by atoms with Crippen molar-refractivity contribution in [3.63, 3.8) is 0 Å². The second-order valence-corrected chi connectivity index (χ2v) is 4.92. The van der Waals surface area contributed by atoms with E-state index in [0.29, 0.717) is 11.1 Å². The van der Waals surface area contributed by atoms with Crippen LogP contribution in [0, 0.1) is 6.92 Å². The molecule has 3 amide bonds. The van der Waals surface area contributed by atoms with Gasteiger partial charge >= 0.3 is 5.91 Å². The maximum absolute atomic E-state index is 12.1. The number of hydrazine groups is 1. The molecule has 7 heteroatoms. The predicted octanol–water partition coefficient (Wildman–Crippen LogP) is 1.03. The van der Waals surface area contributed by atoms with Crippen LogP contribution in [0.15, 0.2) is 28.7 Å². The molecule has 0 aliphatic carbocycles. The van der Waals surface area contributed by atoms with E-state index < -0.39 is 17.9 Å². The lowest BCUT2D eigenvalue weighted by Gasteiger charge is -2.12. The summed E-state index contributed by atoms with van der Waals surface area (Å²) >= 11 is 0. The normalized spacial score (nSPS) is 11.8. The summed E-state index contributed by atoms with van der Waals surface area (Å²) in [4.78, 5) is 34.6. The van der Waals surface area contributed by atoms with Gasteiger partial charge in [-0.2, -0.15) is 0 Å². The Bertz CT molecular complexity index is 735. The summed E-state index contributed by atoms with van der Waals surface area (Å²) in [6.07, 6.45) is 0. The van der Waals surface area contributed by atoms with Crippen molar-refractivity contribution >= 4 is 28.7 Å². The van der Waals surface area contributed by atoms with Crippen molar-refractivity contribution in [3.05, 3.63) is 35.6 Å². The third kappa shape index (κ3) is 3.25. The summed E-state index contributed by atoms with van der Waals surface area (Å²) in [5.41, 5.74) is 5.81. The average molecular weight is 303 g/mol. The van der Waals surface area contributed by atoms with E-state index in [4.69, 9.17) is 4.42 Å². The molecule has 116 valence electrons. The predicted molar refractivity (Wildman–Crippen MR) is 79.8 cm³/mol. The molecule has 2 aromatic rings. The molecule has 0 aliphatic heterocycles. The molecule has 0 saturated heterocycles. The van der Waals surface area contributed by atoms with E-state index in [1.807, 2.05) is 18.2 Å². The van der Waals surface area contributed by atoms with Gasteiger partial charge in [-0.3, -0.25) is 25.2 Å². The van der Waals surface area contributed by atoms with Crippen LogP contribution in [0.3, 0.4) is 0 Å². The molecule has 0 spiro atoms. The number of amides is 3. The van der Waals surface area contributed by atoms with Gasteiger partial charge in [-0.15, -0.1) is 0 Å². The molecule has 0 radical (unpaired) electrons. The van der Waals surface area contributed by atoms with Gasteiger partial charge in [0.05, 0.1) is 0 Å². The van der Waals surface area contributed by atoms with Crippen LogP contribution in [0.5, 0.6) is 0 Å². The van der Waals surface area contributed by atoms with Gasteiger partial charge in [0, 0.05) is 17.9 Å². The number of para-hydroxylation sites is 1. The number of carbonyl (C=O) groups excluding carboxylic acids is 3. The van der Waals surface area contributed by atoms with Crippen LogP contribution < -0.4 is 16.2 Å². The van der Waals surface area contributed by atoms with E-state index >= 15 is 0 Å². The highest BCUT2D eigenvalue weighted by molar-refractivity contribution is 5.99. The van der Waals surface area contributed by atoms with E-state index in [2.05, 4.69) is 16.2 Å². The first-order chi connectivity index (χ1) is 10.4. The zero-order chi connectivity index (χ0) is 16.3. The molecule has 0 unspecified atom stereocenters. The number of nitrogens with one attached hydrogen (secondary N) is 3. The van der Waals surface area contributed by atoms with Crippen LogP contribution in [-0.2, 0) is 9.59 Å². The van der Waals surface area contributed by atoms with Gasteiger partial charge in [0.1, 0.15) is 11.6 Å². The topological polar surface area (TPSA) is 100 Å². The first-order valence-electron chi connectivity index (χ1n) is 6.75.